The monoisotopic (exact) mass is 351 g/mol. The van der Waals surface area contributed by atoms with Crippen molar-refractivity contribution in [3.63, 3.8) is 0 Å². The van der Waals surface area contributed by atoms with E-state index in [-0.39, 0.29) is 11.4 Å². The van der Waals surface area contributed by atoms with Gasteiger partial charge in [-0.1, -0.05) is 12.1 Å². The predicted octanol–water partition coefficient (Wildman–Crippen LogP) is 4.73. The molecule has 3 rings (SSSR count). The number of benzene rings is 2. The molecule has 0 aliphatic carbocycles. The number of furan rings is 1. The fraction of sp³-hybridized carbons (Fsp3) is 0. The molecule has 1 heterocycles. The van der Waals surface area contributed by atoms with Gasteiger partial charge < -0.3 is 9.73 Å². The van der Waals surface area contributed by atoms with Crippen molar-refractivity contribution < 1.29 is 18.0 Å². The second-order valence-corrected chi connectivity index (χ2v) is 5.24. The normalized spacial score (nSPS) is 10.8. The van der Waals surface area contributed by atoms with Crippen LogP contribution in [0.4, 0.5) is 14.5 Å². The highest BCUT2D eigenvalue weighted by Crippen LogP contribution is 2.27. The average molecular weight is 352 g/mol. The summed E-state index contributed by atoms with van der Waals surface area (Å²) in [5.74, 6) is -2.06. The maximum absolute atomic E-state index is 13.1. The number of para-hydroxylation sites is 1. The highest BCUT2D eigenvalue weighted by atomic mass is 79.9. The molecular weight excluding hydrogens is 344 g/mol. The Morgan fingerprint density at radius 2 is 1.81 bits per heavy atom. The van der Waals surface area contributed by atoms with Crippen LogP contribution in [0.15, 0.2) is 51.4 Å². The van der Waals surface area contributed by atoms with E-state index in [2.05, 4.69) is 21.2 Å². The van der Waals surface area contributed by atoms with E-state index in [1.807, 2.05) is 6.07 Å². The lowest BCUT2D eigenvalue weighted by Gasteiger charge is -2.03. The van der Waals surface area contributed by atoms with Crippen LogP contribution in [-0.4, -0.2) is 5.91 Å². The van der Waals surface area contributed by atoms with E-state index in [0.717, 1.165) is 28.1 Å². The number of fused-ring (bicyclic) bond motifs is 1. The molecule has 3 aromatic rings. The molecule has 0 saturated carbocycles. The molecule has 0 aliphatic rings. The molecule has 1 aromatic heterocycles. The van der Waals surface area contributed by atoms with Crippen LogP contribution in [0.25, 0.3) is 11.0 Å². The lowest BCUT2D eigenvalue weighted by Crippen LogP contribution is -2.11. The average Bonchev–Trinajstić information content (AvgIpc) is 2.83. The maximum atomic E-state index is 13.1. The molecule has 6 heteroatoms. The van der Waals surface area contributed by atoms with Crippen molar-refractivity contribution in [1.29, 1.82) is 0 Å². The van der Waals surface area contributed by atoms with Crippen LogP contribution in [0.1, 0.15) is 10.6 Å². The first-order valence-corrected chi connectivity index (χ1v) is 6.78. The summed E-state index contributed by atoms with van der Waals surface area (Å²) in [5.41, 5.74) is 0.560. The molecule has 0 saturated heterocycles. The van der Waals surface area contributed by atoms with Crippen LogP contribution in [0, 0.1) is 11.6 Å². The molecule has 1 N–H and O–H groups in total. The summed E-state index contributed by atoms with van der Waals surface area (Å²) in [7, 11) is 0. The van der Waals surface area contributed by atoms with E-state index >= 15 is 0 Å². The van der Waals surface area contributed by atoms with Crippen LogP contribution in [0.5, 0.6) is 0 Å². The number of halogens is 3. The molecule has 0 radical (unpaired) electrons. The number of amides is 1. The SMILES string of the molecule is O=C(Nc1cc(F)cc(F)c1)c1cc2cccc(Br)c2o1. The van der Waals surface area contributed by atoms with Gasteiger partial charge in [0.05, 0.1) is 4.47 Å². The van der Waals surface area contributed by atoms with Gasteiger partial charge in [-0.05, 0) is 40.2 Å². The zero-order chi connectivity index (χ0) is 15.0. The first kappa shape index (κ1) is 13.8. The quantitative estimate of drug-likeness (QED) is 0.725. The van der Waals surface area contributed by atoms with Crippen molar-refractivity contribution in [2.24, 2.45) is 0 Å². The Kier molecular flexibility index (Phi) is 3.47. The Morgan fingerprint density at radius 3 is 2.48 bits per heavy atom. The molecule has 0 atom stereocenters. The van der Waals surface area contributed by atoms with Crippen molar-refractivity contribution in [3.05, 3.63) is 64.3 Å². The predicted molar refractivity (Wildman–Crippen MR) is 78.2 cm³/mol. The van der Waals surface area contributed by atoms with Crippen LogP contribution < -0.4 is 5.32 Å². The van der Waals surface area contributed by atoms with Gasteiger partial charge in [-0.2, -0.15) is 0 Å². The molecule has 106 valence electrons. The molecule has 2 aromatic carbocycles. The highest BCUT2D eigenvalue weighted by Gasteiger charge is 2.14. The smallest absolute Gasteiger partial charge is 0.291 e. The zero-order valence-electron chi connectivity index (χ0n) is 10.5. The third-order valence-corrected chi connectivity index (χ3v) is 3.46. The van der Waals surface area contributed by atoms with Crippen LogP contribution in [0.3, 0.4) is 0 Å². The summed E-state index contributed by atoms with van der Waals surface area (Å²) < 4.78 is 32.3. The second kappa shape index (κ2) is 5.29. The molecule has 0 bridgehead atoms. The van der Waals surface area contributed by atoms with Crippen LogP contribution in [-0.2, 0) is 0 Å². The molecular formula is C15H8BrF2NO2. The van der Waals surface area contributed by atoms with Crippen molar-refractivity contribution in [1.82, 2.24) is 0 Å². The molecule has 0 aliphatic heterocycles. The minimum Gasteiger partial charge on any atom is -0.450 e. The highest BCUT2D eigenvalue weighted by molar-refractivity contribution is 9.10. The Morgan fingerprint density at radius 1 is 1.10 bits per heavy atom. The molecule has 1 amide bonds. The summed E-state index contributed by atoms with van der Waals surface area (Å²) in [5, 5.41) is 3.14. The van der Waals surface area contributed by atoms with Crippen molar-refractivity contribution in [3.8, 4) is 0 Å². The fourth-order valence-corrected chi connectivity index (χ4v) is 2.42. The third-order valence-electron chi connectivity index (χ3n) is 2.84. The molecule has 0 spiro atoms. The summed E-state index contributed by atoms with van der Waals surface area (Å²) in [6.45, 7) is 0. The van der Waals surface area contributed by atoms with Crippen molar-refractivity contribution in [2.75, 3.05) is 5.32 Å². The van der Waals surface area contributed by atoms with Crippen LogP contribution >= 0.6 is 15.9 Å². The minimum atomic E-state index is -0.766. The fourth-order valence-electron chi connectivity index (χ4n) is 1.96. The van der Waals surface area contributed by atoms with Gasteiger partial charge in [0.15, 0.2) is 5.76 Å². The largest absolute Gasteiger partial charge is 0.450 e. The number of hydrogen-bond donors (Lipinski definition) is 1. The Hall–Kier alpha value is -2.21. The number of carbonyl (C=O) groups excluding carboxylic acids is 1. The van der Waals surface area contributed by atoms with E-state index in [9.17, 15) is 13.6 Å². The molecule has 0 unspecified atom stereocenters. The number of carbonyl (C=O) groups is 1. The number of rotatable bonds is 2. The van der Waals surface area contributed by atoms with Gasteiger partial charge in [0.25, 0.3) is 5.91 Å². The Bertz CT molecular complexity index is 825. The Labute approximate surface area is 126 Å². The molecule has 0 fully saturated rings. The van der Waals surface area contributed by atoms with Gasteiger partial charge in [0, 0.05) is 17.1 Å². The summed E-state index contributed by atoms with van der Waals surface area (Å²) in [4.78, 5) is 12.1. The standard InChI is InChI=1S/C15H8BrF2NO2/c16-12-3-1-2-8-4-13(21-14(8)12)15(20)19-11-6-9(17)5-10(18)7-11/h1-7H,(H,19,20). The topological polar surface area (TPSA) is 42.2 Å². The number of hydrogen-bond acceptors (Lipinski definition) is 2. The Balaban J connectivity index is 1.91. The summed E-state index contributed by atoms with van der Waals surface area (Å²) >= 11 is 3.32. The van der Waals surface area contributed by atoms with Gasteiger partial charge in [-0.15, -0.1) is 0 Å². The van der Waals surface area contributed by atoms with Gasteiger partial charge >= 0.3 is 0 Å². The van der Waals surface area contributed by atoms with E-state index < -0.39 is 17.5 Å². The van der Waals surface area contributed by atoms with Crippen LogP contribution in [0.2, 0.25) is 0 Å². The van der Waals surface area contributed by atoms with E-state index in [1.54, 1.807) is 18.2 Å². The number of nitrogens with one attached hydrogen (secondary N) is 1. The third kappa shape index (κ3) is 2.80. The molecule has 21 heavy (non-hydrogen) atoms. The van der Waals surface area contributed by atoms with E-state index in [1.165, 1.54) is 0 Å². The maximum Gasteiger partial charge on any atom is 0.291 e. The summed E-state index contributed by atoms with van der Waals surface area (Å²) in [6.07, 6.45) is 0. The van der Waals surface area contributed by atoms with Gasteiger partial charge in [-0.3, -0.25) is 4.79 Å². The number of anilines is 1. The van der Waals surface area contributed by atoms with E-state index in [0.29, 0.717) is 5.58 Å². The summed E-state index contributed by atoms with van der Waals surface area (Å²) in [6, 6.07) is 9.74. The van der Waals surface area contributed by atoms with E-state index in [4.69, 9.17) is 4.42 Å². The minimum absolute atomic E-state index is 0.0250. The first-order valence-electron chi connectivity index (χ1n) is 5.98. The first-order chi connectivity index (χ1) is 10.0. The zero-order valence-corrected chi connectivity index (χ0v) is 12.1. The lowest BCUT2D eigenvalue weighted by atomic mass is 10.2. The van der Waals surface area contributed by atoms with Crippen molar-refractivity contribution >= 4 is 38.5 Å². The lowest BCUT2D eigenvalue weighted by molar-refractivity contribution is 0.0998. The second-order valence-electron chi connectivity index (χ2n) is 4.38. The van der Waals surface area contributed by atoms with Gasteiger partial charge in [-0.25, -0.2) is 8.78 Å². The van der Waals surface area contributed by atoms with Gasteiger partial charge in [0.2, 0.25) is 0 Å². The van der Waals surface area contributed by atoms with Gasteiger partial charge in [0.1, 0.15) is 17.2 Å². The molecule has 3 nitrogen and oxygen atoms in total. The van der Waals surface area contributed by atoms with Crippen molar-refractivity contribution in [2.45, 2.75) is 0 Å².